The van der Waals surface area contributed by atoms with Gasteiger partial charge in [-0.3, -0.25) is 14.5 Å². The van der Waals surface area contributed by atoms with Crippen LogP contribution < -0.4 is 15.0 Å². The number of carbonyl (C=O) groups excluding carboxylic acids is 2. The second kappa shape index (κ2) is 6.63. The smallest absolute Gasteiger partial charge is 0.410 e. The molecule has 152 valence electrons. The number of carbonyl (C=O) groups is 2. The molecule has 3 aliphatic rings. The first-order valence-electron chi connectivity index (χ1n) is 9.69. The van der Waals surface area contributed by atoms with Crippen molar-refractivity contribution in [2.24, 2.45) is 0 Å². The van der Waals surface area contributed by atoms with Crippen molar-refractivity contribution in [3.63, 3.8) is 0 Å². The third-order valence-corrected chi connectivity index (χ3v) is 6.49. The summed E-state index contributed by atoms with van der Waals surface area (Å²) in [6.45, 7) is 5.18. The topological polar surface area (TPSA) is 74.3 Å². The molecule has 28 heavy (non-hydrogen) atoms. The van der Waals surface area contributed by atoms with E-state index in [1.165, 1.54) is 23.4 Å². The molecule has 2 fully saturated rings. The van der Waals surface area contributed by atoms with Crippen LogP contribution >= 0.6 is 0 Å². The summed E-state index contributed by atoms with van der Waals surface area (Å²) in [5.41, 5.74) is 2.37. The fourth-order valence-electron chi connectivity index (χ4n) is 5.20. The fraction of sp³-hybridized carbons (Fsp3) is 0.600. The quantitative estimate of drug-likeness (QED) is 0.850. The van der Waals surface area contributed by atoms with E-state index in [4.69, 9.17) is 9.57 Å². The summed E-state index contributed by atoms with van der Waals surface area (Å²) < 4.78 is 5.52. The van der Waals surface area contributed by atoms with E-state index in [0.717, 1.165) is 13.0 Å². The number of anilines is 1. The monoisotopic (exact) mass is 388 g/mol. The van der Waals surface area contributed by atoms with Gasteiger partial charge in [-0.1, -0.05) is 6.92 Å². The van der Waals surface area contributed by atoms with Gasteiger partial charge in [-0.15, -0.1) is 0 Å². The van der Waals surface area contributed by atoms with E-state index in [0.29, 0.717) is 18.3 Å². The van der Waals surface area contributed by atoms with Crippen molar-refractivity contribution in [2.75, 3.05) is 32.6 Å². The van der Waals surface area contributed by atoms with Gasteiger partial charge in [0, 0.05) is 24.7 Å². The van der Waals surface area contributed by atoms with Gasteiger partial charge in [-0.2, -0.15) is 0 Å². The van der Waals surface area contributed by atoms with Gasteiger partial charge in [-0.05, 0) is 50.6 Å². The Morgan fingerprint density at radius 1 is 1.32 bits per heavy atom. The Bertz CT molecular complexity index is 815. The van der Waals surface area contributed by atoms with Crippen molar-refractivity contribution in [2.45, 2.75) is 50.4 Å². The highest BCUT2D eigenvalue weighted by molar-refractivity contribution is 5.87. The van der Waals surface area contributed by atoms with Gasteiger partial charge in [0.15, 0.2) is 0 Å². The van der Waals surface area contributed by atoms with Gasteiger partial charge < -0.3 is 15.0 Å². The zero-order valence-corrected chi connectivity index (χ0v) is 17.1. The number of hydrogen-bond acceptors (Lipinski definition) is 6. The Hall–Kier alpha value is -2.32. The maximum absolute atomic E-state index is 12.4. The molecule has 0 spiro atoms. The molecule has 1 N–H and O–H groups in total. The molecule has 2 amide bonds. The van der Waals surface area contributed by atoms with Gasteiger partial charge in [-0.25, -0.2) is 9.86 Å². The lowest BCUT2D eigenvalue weighted by Gasteiger charge is -2.32. The maximum Gasteiger partial charge on any atom is 0.413 e. The summed E-state index contributed by atoms with van der Waals surface area (Å²) in [5.74, 6) is 0.232. The number of nitrogens with zero attached hydrogens (tertiary/aromatic N) is 3. The van der Waals surface area contributed by atoms with Gasteiger partial charge in [0.1, 0.15) is 11.8 Å². The van der Waals surface area contributed by atoms with E-state index in [1.54, 1.807) is 6.07 Å². The summed E-state index contributed by atoms with van der Waals surface area (Å²) in [6, 6.07) is 5.05. The molecule has 1 aromatic rings. The van der Waals surface area contributed by atoms with Gasteiger partial charge >= 0.3 is 6.09 Å². The minimum absolute atomic E-state index is 0.00446. The highest BCUT2D eigenvalue weighted by atomic mass is 16.7. The van der Waals surface area contributed by atoms with Crippen molar-refractivity contribution in [1.82, 2.24) is 15.3 Å². The average molecular weight is 388 g/mol. The van der Waals surface area contributed by atoms with E-state index in [1.807, 2.05) is 19.1 Å². The third-order valence-electron chi connectivity index (χ3n) is 6.49. The molecule has 2 unspecified atom stereocenters. The second-order valence-corrected chi connectivity index (χ2v) is 8.33. The zero-order valence-electron chi connectivity index (χ0n) is 17.1. The zero-order chi connectivity index (χ0) is 20.2. The van der Waals surface area contributed by atoms with Gasteiger partial charge in [0.25, 0.3) is 5.91 Å². The van der Waals surface area contributed by atoms with Crippen LogP contribution in [0.5, 0.6) is 5.75 Å². The number of rotatable bonds is 3. The SMILES string of the molecule is CON1C(=O)C(NC(=O)Oc2ccc3c(c2)[C@]2(C)CCN(C)[C@@H]2N3C)CC1C. The van der Waals surface area contributed by atoms with E-state index in [2.05, 4.69) is 36.1 Å². The summed E-state index contributed by atoms with van der Waals surface area (Å²) in [7, 11) is 5.70. The van der Waals surface area contributed by atoms with Crippen molar-refractivity contribution in [3.05, 3.63) is 23.8 Å². The first kappa shape index (κ1) is 19.0. The minimum Gasteiger partial charge on any atom is -0.410 e. The van der Waals surface area contributed by atoms with Crippen LogP contribution in [0.2, 0.25) is 0 Å². The Morgan fingerprint density at radius 2 is 2.07 bits per heavy atom. The molecule has 0 bridgehead atoms. The number of amides is 2. The molecule has 8 nitrogen and oxygen atoms in total. The number of ether oxygens (including phenoxy) is 1. The molecule has 2 saturated heterocycles. The van der Waals surface area contributed by atoms with Crippen LogP contribution in [0.3, 0.4) is 0 Å². The Kier molecular flexibility index (Phi) is 4.50. The van der Waals surface area contributed by atoms with Crippen LogP contribution in [0.1, 0.15) is 32.3 Å². The Morgan fingerprint density at radius 3 is 2.75 bits per heavy atom. The first-order valence-corrected chi connectivity index (χ1v) is 9.69. The molecule has 4 atom stereocenters. The molecular weight excluding hydrogens is 360 g/mol. The van der Waals surface area contributed by atoms with Crippen molar-refractivity contribution < 1.29 is 19.2 Å². The molecule has 0 saturated carbocycles. The van der Waals surface area contributed by atoms with E-state index < -0.39 is 12.1 Å². The molecule has 0 aromatic heterocycles. The van der Waals surface area contributed by atoms with E-state index in [9.17, 15) is 9.59 Å². The largest absolute Gasteiger partial charge is 0.413 e. The molecule has 8 heteroatoms. The molecule has 3 heterocycles. The molecule has 3 aliphatic heterocycles. The number of fused-ring (bicyclic) bond motifs is 3. The van der Waals surface area contributed by atoms with Crippen LogP contribution in [-0.2, 0) is 15.0 Å². The average Bonchev–Trinajstić information content (AvgIpc) is 3.18. The number of hydrogen-bond donors (Lipinski definition) is 1. The lowest BCUT2D eigenvalue weighted by molar-refractivity contribution is -0.176. The van der Waals surface area contributed by atoms with Gasteiger partial charge in [0.2, 0.25) is 0 Å². The molecule has 4 rings (SSSR count). The van der Waals surface area contributed by atoms with Crippen LogP contribution in [0.15, 0.2) is 18.2 Å². The predicted octanol–water partition coefficient (Wildman–Crippen LogP) is 1.69. The number of nitrogens with one attached hydrogen (secondary N) is 1. The van der Waals surface area contributed by atoms with Crippen LogP contribution in [0.4, 0.5) is 10.5 Å². The number of hydroxylamine groups is 2. The fourth-order valence-corrected chi connectivity index (χ4v) is 5.20. The van der Waals surface area contributed by atoms with Crippen molar-refractivity contribution >= 4 is 17.7 Å². The van der Waals surface area contributed by atoms with Crippen molar-refractivity contribution in [1.29, 1.82) is 0 Å². The lowest BCUT2D eigenvalue weighted by atomic mass is 9.81. The van der Waals surface area contributed by atoms with Crippen molar-refractivity contribution in [3.8, 4) is 5.75 Å². The summed E-state index contributed by atoms with van der Waals surface area (Å²) in [6.07, 6.45) is 1.23. The first-order chi connectivity index (χ1) is 13.3. The third kappa shape index (κ3) is 2.74. The highest BCUT2D eigenvalue weighted by Gasteiger charge is 2.52. The van der Waals surface area contributed by atoms with E-state index >= 15 is 0 Å². The number of likely N-dealkylation sites (tertiary alicyclic amines) is 1. The second-order valence-electron chi connectivity index (χ2n) is 8.33. The number of benzene rings is 1. The highest BCUT2D eigenvalue weighted by Crippen LogP contribution is 2.51. The summed E-state index contributed by atoms with van der Waals surface area (Å²) in [4.78, 5) is 34.3. The normalized spacial score (nSPS) is 31.9. The Labute approximate surface area is 165 Å². The number of likely N-dealkylation sites (N-methyl/N-ethyl adjacent to an activating group) is 2. The maximum atomic E-state index is 12.4. The minimum atomic E-state index is -0.631. The summed E-state index contributed by atoms with van der Waals surface area (Å²) in [5, 5.41) is 3.95. The molecule has 0 radical (unpaired) electrons. The molecule has 0 aliphatic carbocycles. The predicted molar refractivity (Wildman–Crippen MR) is 104 cm³/mol. The van der Waals surface area contributed by atoms with Crippen LogP contribution in [0.25, 0.3) is 0 Å². The summed E-state index contributed by atoms with van der Waals surface area (Å²) >= 11 is 0. The Balaban J connectivity index is 1.48. The molecular formula is C20H28N4O4. The van der Waals surface area contributed by atoms with Gasteiger partial charge in [0.05, 0.1) is 19.3 Å². The van der Waals surface area contributed by atoms with Crippen LogP contribution in [0, 0.1) is 0 Å². The van der Waals surface area contributed by atoms with E-state index in [-0.39, 0.29) is 17.4 Å². The standard InChI is InChI=1S/C20H28N4O4/c1-12-10-15(17(25)24(12)27-5)21-19(26)28-13-6-7-16-14(11-13)20(2)8-9-22(3)18(20)23(16)4/h6-7,11-12,15,18H,8-10H2,1-5H3,(H,21,26)/t12?,15?,18-,20+/m1/s1. The molecule has 1 aromatic carbocycles. The lowest BCUT2D eigenvalue weighted by Crippen LogP contribution is -2.45. The van der Waals surface area contributed by atoms with Crippen LogP contribution in [-0.4, -0.2) is 68.0 Å².